The molecule has 0 saturated carbocycles. The van der Waals surface area contributed by atoms with E-state index in [1.165, 1.54) is 4.68 Å². The topological polar surface area (TPSA) is 84.5 Å². The van der Waals surface area contributed by atoms with Crippen LogP contribution in [0.5, 0.6) is 0 Å². The number of nitro groups is 1. The lowest BCUT2D eigenvalue weighted by Gasteiger charge is -2.35. The maximum atomic E-state index is 12.2. The Kier molecular flexibility index (Phi) is 4.15. The van der Waals surface area contributed by atoms with E-state index in [-0.39, 0.29) is 18.1 Å². The summed E-state index contributed by atoms with van der Waals surface area (Å²) in [5.74, 6) is 0.826. The number of carbonyl (C=O) groups excluding carboxylic acids is 1. The molecule has 1 saturated heterocycles. The predicted molar refractivity (Wildman–Crippen MR) is 78.2 cm³/mol. The van der Waals surface area contributed by atoms with Crippen LogP contribution in [0.15, 0.2) is 0 Å². The minimum absolute atomic E-state index is 0.00287. The molecule has 21 heavy (non-hydrogen) atoms. The Balaban J connectivity index is 2.22. The highest BCUT2D eigenvalue weighted by molar-refractivity contribution is 5.83. The van der Waals surface area contributed by atoms with Gasteiger partial charge in [-0.3, -0.25) is 14.9 Å². The van der Waals surface area contributed by atoms with Gasteiger partial charge in [0.15, 0.2) is 0 Å². The van der Waals surface area contributed by atoms with Crippen molar-refractivity contribution < 1.29 is 9.72 Å². The van der Waals surface area contributed by atoms with E-state index in [2.05, 4.69) is 18.9 Å². The van der Waals surface area contributed by atoms with Gasteiger partial charge in [-0.2, -0.15) is 5.10 Å². The van der Waals surface area contributed by atoms with Crippen LogP contribution in [0.25, 0.3) is 0 Å². The van der Waals surface area contributed by atoms with Crippen LogP contribution in [-0.4, -0.2) is 51.7 Å². The molecule has 0 spiro atoms. The summed E-state index contributed by atoms with van der Waals surface area (Å²) < 4.78 is 1.48. The lowest BCUT2D eigenvalue weighted by atomic mass is 10.2. The van der Waals surface area contributed by atoms with Crippen molar-refractivity contribution in [2.45, 2.75) is 20.8 Å². The second-order valence-corrected chi connectivity index (χ2v) is 5.79. The molecule has 0 unspecified atom stereocenters. The molecular formula is C13H21N5O3. The lowest BCUT2D eigenvalue weighted by molar-refractivity contribution is -0.384. The van der Waals surface area contributed by atoms with Crippen LogP contribution in [0.2, 0.25) is 0 Å². The first kappa shape index (κ1) is 15.3. The van der Waals surface area contributed by atoms with E-state index in [0.29, 0.717) is 30.5 Å². The van der Waals surface area contributed by atoms with Crippen LogP contribution < -0.4 is 4.90 Å². The molecule has 8 nitrogen and oxygen atoms in total. The summed E-state index contributed by atoms with van der Waals surface area (Å²) >= 11 is 0. The van der Waals surface area contributed by atoms with Crippen molar-refractivity contribution in [3.05, 3.63) is 15.8 Å². The lowest BCUT2D eigenvalue weighted by Crippen LogP contribution is -2.51. The molecule has 2 heterocycles. The summed E-state index contributed by atoms with van der Waals surface area (Å²) in [6.45, 7) is 7.78. The quantitative estimate of drug-likeness (QED) is 0.609. The molecule has 1 aliphatic rings. The number of anilines is 1. The Bertz CT molecular complexity index is 566. The molecule has 0 aliphatic carbocycles. The normalized spacial score (nSPS) is 16.0. The van der Waals surface area contributed by atoms with Crippen molar-refractivity contribution in [2.24, 2.45) is 13.0 Å². The van der Waals surface area contributed by atoms with Gasteiger partial charge in [0.05, 0.1) is 11.5 Å². The fourth-order valence-corrected chi connectivity index (χ4v) is 2.73. The van der Waals surface area contributed by atoms with Crippen LogP contribution in [0, 0.1) is 23.0 Å². The van der Waals surface area contributed by atoms with Gasteiger partial charge in [0.25, 0.3) is 0 Å². The molecule has 1 aromatic rings. The Labute approximate surface area is 123 Å². The predicted octanol–water partition coefficient (Wildman–Crippen LogP) is 0.941. The molecule has 1 aliphatic heterocycles. The Morgan fingerprint density at radius 2 is 2.05 bits per heavy atom. The van der Waals surface area contributed by atoms with Crippen molar-refractivity contribution in [3.8, 4) is 0 Å². The van der Waals surface area contributed by atoms with Crippen LogP contribution in [-0.2, 0) is 11.8 Å². The molecule has 2 rings (SSSR count). The molecule has 1 fully saturated rings. The third-order valence-corrected chi connectivity index (χ3v) is 3.55. The van der Waals surface area contributed by atoms with Gasteiger partial charge in [-0.25, -0.2) is 4.68 Å². The van der Waals surface area contributed by atoms with Crippen molar-refractivity contribution in [1.29, 1.82) is 0 Å². The maximum absolute atomic E-state index is 12.2. The van der Waals surface area contributed by atoms with E-state index in [0.717, 1.165) is 6.54 Å². The largest absolute Gasteiger partial charge is 0.340 e. The molecular weight excluding hydrogens is 274 g/mol. The molecule has 8 heteroatoms. The minimum Gasteiger partial charge on any atom is -0.340 e. The Hall–Kier alpha value is -2.12. The van der Waals surface area contributed by atoms with Crippen molar-refractivity contribution in [3.63, 3.8) is 0 Å². The number of aromatic nitrogens is 2. The first-order valence-corrected chi connectivity index (χ1v) is 7.02. The average molecular weight is 295 g/mol. The molecule has 1 aromatic heterocycles. The fraction of sp³-hybridized carbons (Fsp3) is 0.692. The van der Waals surface area contributed by atoms with Crippen LogP contribution in [0.4, 0.5) is 11.5 Å². The smallest absolute Gasteiger partial charge is 0.333 e. The maximum Gasteiger partial charge on any atom is 0.333 e. The number of amides is 1. The monoisotopic (exact) mass is 295 g/mol. The molecule has 0 aromatic carbocycles. The second-order valence-electron chi connectivity index (χ2n) is 5.79. The molecule has 0 N–H and O–H groups in total. The molecule has 116 valence electrons. The third-order valence-electron chi connectivity index (χ3n) is 3.55. The summed E-state index contributed by atoms with van der Waals surface area (Å²) in [7, 11) is 1.67. The van der Waals surface area contributed by atoms with Crippen molar-refractivity contribution in [1.82, 2.24) is 14.7 Å². The fourth-order valence-electron chi connectivity index (χ4n) is 2.73. The van der Waals surface area contributed by atoms with E-state index in [9.17, 15) is 14.9 Å². The van der Waals surface area contributed by atoms with Gasteiger partial charge in [0.2, 0.25) is 11.7 Å². The van der Waals surface area contributed by atoms with Gasteiger partial charge >= 0.3 is 5.69 Å². The van der Waals surface area contributed by atoms with Gasteiger partial charge in [0, 0.05) is 26.7 Å². The summed E-state index contributed by atoms with van der Waals surface area (Å²) in [5, 5.41) is 15.3. The highest BCUT2D eigenvalue weighted by Gasteiger charge is 2.33. The van der Waals surface area contributed by atoms with E-state index < -0.39 is 4.92 Å². The SMILES string of the molecule is Cc1nn(C)c(N2CCN(CC(C)C)C(=O)C2)c1[N+](=O)[O-]. The number of nitrogens with zero attached hydrogens (tertiary/aromatic N) is 5. The molecule has 0 bridgehead atoms. The molecule has 0 atom stereocenters. The van der Waals surface area contributed by atoms with Crippen molar-refractivity contribution >= 4 is 17.4 Å². The first-order valence-electron chi connectivity index (χ1n) is 7.02. The average Bonchev–Trinajstić information content (AvgIpc) is 2.66. The van der Waals surface area contributed by atoms with E-state index in [4.69, 9.17) is 0 Å². The zero-order chi connectivity index (χ0) is 15.7. The van der Waals surface area contributed by atoms with Gasteiger partial charge in [-0.15, -0.1) is 0 Å². The second kappa shape index (κ2) is 5.71. The summed E-state index contributed by atoms with van der Waals surface area (Å²) in [6, 6.07) is 0. The number of carbonyl (C=O) groups is 1. The van der Waals surface area contributed by atoms with Crippen LogP contribution >= 0.6 is 0 Å². The number of rotatable bonds is 4. The van der Waals surface area contributed by atoms with E-state index >= 15 is 0 Å². The van der Waals surface area contributed by atoms with Gasteiger partial charge in [-0.1, -0.05) is 13.8 Å². The van der Waals surface area contributed by atoms with Crippen molar-refractivity contribution in [2.75, 3.05) is 31.1 Å². The third kappa shape index (κ3) is 2.98. The minimum atomic E-state index is -0.428. The highest BCUT2D eigenvalue weighted by atomic mass is 16.6. The summed E-state index contributed by atoms with van der Waals surface area (Å²) in [6.07, 6.45) is 0. The number of hydrogen-bond donors (Lipinski definition) is 0. The molecule has 0 radical (unpaired) electrons. The Morgan fingerprint density at radius 3 is 2.57 bits per heavy atom. The van der Waals surface area contributed by atoms with Crippen LogP contribution in [0.3, 0.4) is 0 Å². The number of aryl methyl sites for hydroxylation is 2. The van der Waals surface area contributed by atoms with Crippen LogP contribution in [0.1, 0.15) is 19.5 Å². The van der Waals surface area contributed by atoms with E-state index in [1.54, 1.807) is 18.9 Å². The number of piperazine rings is 1. The Morgan fingerprint density at radius 1 is 1.38 bits per heavy atom. The highest BCUT2D eigenvalue weighted by Crippen LogP contribution is 2.31. The van der Waals surface area contributed by atoms with Gasteiger partial charge in [-0.05, 0) is 12.8 Å². The van der Waals surface area contributed by atoms with E-state index in [1.807, 2.05) is 4.90 Å². The summed E-state index contributed by atoms with van der Waals surface area (Å²) in [5.41, 5.74) is 0.358. The van der Waals surface area contributed by atoms with Gasteiger partial charge < -0.3 is 9.80 Å². The zero-order valence-corrected chi connectivity index (χ0v) is 12.9. The van der Waals surface area contributed by atoms with Gasteiger partial charge in [0.1, 0.15) is 5.69 Å². The zero-order valence-electron chi connectivity index (χ0n) is 12.9. The summed E-state index contributed by atoms with van der Waals surface area (Å²) in [4.78, 5) is 26.6. The standard InChI is InChI=1S/C13H21N5O3/c1-9(2)7-16-5-6-17(8-11(16)19)13-12(18(20)21)10(3)14-15(13)4/h9H,5-8H2,1-4H3. The number of hydrogen-bond acceptors (Lipinski definition) is 5. The first-order chi connectivity index (χ1) is 9.81. The molecule has 1 amide bonds.